The van der Waals surface area contributed by atoms with Crippen molar-refractivity contribution < 1.29 is 0 Å². The fraction of sp³-hybridized carbons (Fsp3) is 0. The third kappa shape index (κ3) is 2.09. The Hall–Kier alpha value is -0.850. The standard InChI is InChI=1S/C5H3N3O2S.2ClH/c9-4-2-3(6-1-7-4)8-5(10)11-2;;/h1H,(H2,6,7,8,9,10);2*1H. The molecule has 0 atom stereocenters. The van der Waals surface area contributed by atoms with Gasteiger partial charge in [0.1, 0.15) is 4.70 Å². The molecule has 0 unspecified atom stereocenters. The molecule has 0 aliphatic carbocycles. The van der Waals surface area contributed by atoms with Gasteiger partial charge in [-0.2, -0.15) is 0 Å². The highest BCUT2D eigenvalue weighted by molar-refractivity contribution is 7.16. The summed E-state index contributed by atoms with van der Waals surface area (Å²) >= 11 is 0.861. The van der Waals surface area contributed by atoms with Crippen molar-refractivity contribution in [2.45, 2.75) is 0 Å². The van der Waals surface area contributed by atoms with Gasteiger partial charge in [0.05, 0.1) is 6.33 Å². The lowest BCUT2D eigenvalue weighted by Crippen LogP contribution is -2.03. The predicted molar refractivity (Wildman–Crippen MR) is 55.4 cm³/mol. The SMILES string of the molecule is Cl.Cl.O=c1[nH]c2nc[nH]c(=O)c2s1. The van der Waals surface area contributed by atoms with Crippen LogP contribution in [-0.4, -0.2) is 15.0 Å². The second kappa shape index (κ2) is 4.40. The van der Waals surface area contributed by atoms with E-state index in [1.54, 1.807) is 0 Å². The first-order valence-corrected chi connectivity index (χ1v) is 3.65. The summed E-state index contributed by atoms with van der Waals surface area (Å²) in [6.45, 7) is 0. The average Bonchev–Trinajstić information content (AvgIpc) is 2.31. The number of thiazole rings is 1. The van der Waals surface area contributed by atoms with Crippen LogP contribution in [0.2, 0.25) is 0 Å². The van der Waals surface area contributed by atoms with E-state index in [2.05, 4.69) is 15.0 Å². The zero-order chi connectivity index (χ0) is 7.84. The van der Waals surface area contributed by atoms with E-state index in [0.29, 0.717) is 10.3 Å². The zero-order valence-corrected chi connectivity index (χ0v) is 8.52. The van der Waals surface area contributed by atoms with Gasteiger partial charge < -0.3 is 4.98 Å². The number of hydrogen-bond donors (Lipinski definition) is 2. The van der Waals surface area contributed by atoms with Crippen LogP contribution in [0.4, 0.5) is 0 Å². The molecule has 13 heavy (non-hydrogen) atoms. The van der Waals surface area contributed by atoms with Crippen LogP contribution in [0.15, 0.2) is 15.9 Å². The fourth-order valence-corrected chi connectivity index (χ4v) is 1.47. The van der Waals surface area contributed by atoms with Gasteiger partial charge in [-0.15, -0.1) is 24.8 Å². The topological polar surface area (TPSA) is 78.6 Å². The van der Waals surface area contributed by atoms with Gasteiger partial charge in [-0.3, -0.25) is 14.6 Å². The lowest BCUT2D eigenvalue weighted by molar-refractivity contribution is 1.15. The van der Waals surface area contributed by atoms with E-state index in [9.17, 15) is 9.59 Å². The van der Waals surface area contributed by atoms with Crippen LogP contribution in [0.25, 0.3) is 10.3 Å². The Kier molecular flexibility index (Phi) is 4.12. The molecule has 8 heteroatoms. The summed E-state index contributed by atoms with van der Waals surface area (Å²) < 4.78 is 0.345. The van der Waals surface area contributed by atoms with Crippen molar-refractivity contribution in [3.8, 4) is 0 Å². The zero-order valence-electron chi connectivity index (χ0n) is 6.07. The number of hydrogen-bond acceptors (Lipinski definition) is 4. The van der Waals surface area contributed by atoms with E-state index in [4.69, 9.17) is 0 Å². The lowest BCUT2D eigenvalue weighted by atomic mass is 10.6. The van der Waals surface area contributed by atoms with Gasteiger partial charge in [-0.25, -0.2) is 4.98 Å². The minimum atomic E-state index is -0.279. The quantitative estimate of drug-likeness (QED) is 0.706. The second-order valence-corrected chi connectivity index (χ2v) is 2.91. The first-order valence-electron chi connectivity index (χ1n) is 2.84. The number of nitrogens with one attached hydrogen (secondary N) is 2. The Bertz CT molecular complexity index is 502. The maximum atomic E-state index is 10.9. The first-order chi connectivity index (χ1) is 5.27. The second-order valence-electron chi connectivity index (χ2n) is 1.92. The molecule has 0 amide bonds. The third-order valence-electron chi connectivity index (χ3n) is 1.23. The molecular weight excluding hydrogens is 237 g/mol. The van der Waals surface area contributed by atoms with Crippen LogP contribution in [0, 0.1) is 0 Å². The summed E-state index contributed by atoms with van der Waals surface area (Å²) in [5.41, 5.74) is 0.0714. The van der Waals surface area contributed by atoms with Crippen LogP contribution >= 0.6 is 36.2 Å². The van der Waals surface area contributed by atoms with E-state index in [1.165, 1.54) is 6.33 Å². The monoisotopic (exact) mass is 241 g/mol. The van der Waals surface area contributed by atoms with Crippen molar-refractivity contribution in [3.05, 3.63) is 26.3 Å². The van der Waals surface area contributed by atoms with Crippen molar-refractivity contribution in [2.24, 2.45) is 0 Å². The molecule has 2 aromatic heterocycles. The largest absolute Gasteiger partial charge is 0.312 e. The lowest BCUT2D eigenvalue weighted by Gasteiger charge is -1.81. The summed E-state index contributed by atoms with van der Waals surface area (Å²) in [7, 11) is 0. The Morgan fingerprint density at radius 1 is 1.31 bits per heavy atom. The molecule has 0 aliphatic rings. The van der Waals surface area contributed by atoms with E-state index < -0.39 is 0 Å². The van der Waals surface area contributed by atoms with Crippen molar-refractivity contribution in [2.75, 3.05) is 0 Å². The van der Waals surface area contributed by atoms with Crippen LogP contribution in [0.3, 0.4) is 0 Å². The van der Waals surface area contributed by atoms with E-state index in [-0.39, 0.29) is 35.2 Å². The number of aromatic nitrogens is 3. The molecule has 5 nitrogen and oxygen atoms in total. The molecule has 0 saturated heterocycles. The van der Waals surface area contributed by atoms with Gasteiger partial charge in [0.2, 0.25) is 0 Å². The Morgan fingerprint density at radius 2 is 2.00 bits per heavy atom. The fourth-order valence-electron chi connectivity index (χ4n) is 0.786. The van der Waals surface area contributed by atoms with Gasteiger partial charge in [-0.05, 0) is 0 Å². The molecule has 0 aromatic carbocycles. The molecule has 2 heterocycles. The van der Waals surface area contributed by atoms with Crippen LogP contribution in [-0.2, 0) is 0 Å². The van der Waals surface area contributed by atoms with Gasteiger partial charge in [0.25, 0.3) is 5.56 Å². The summed E-state index contributed by atoms with van der Waals surface area (Å²) in [4.78, 5) is 30.0. The average molecular weight is 242 g/mol. The molecule has 2 aromatic rings. The van der Waals surface area contributed by atoms with Crippen LogP contribution < -0.4 is 10.4 Å². The third-order valence-corrected chi connectivity index (χ3v) is 2.10. The van der Waals surface area contributed by atoms with Crippen molar-refractivity contribution in [1.82, 2.24) is 15.0 Å². The normalized spacial score (nSPS) is 8.92. The Morgan fingerprint density at radius 3 is 2.62 bits per heavy atom. The first kappa shape index (κ1) is 12.2. The molecule has 0 radical (unpaired) electrons. The number of rotatable bonds is 0. The summed E-state index contributed by atoms with van der Waals surface area (Å²) in [5.74, 6) is 0. The smallest absolute Gasteiger partial charge is 0.306 e. The van der Waals surface area contributed by atoms with E-state index >= 15 is 0 Å². The summed E-state index contributed by atoms with van der Waals surface area (Å²) in [5, 5.41) is 0. The molecule has 0 saturated carbocycles. The van der Waals surface area contributed by atoms with Crippen molar-refractivity contribution in [3.63, 3.8) is 0 Å². The van der Waals surface area contributed by atoms with Gasteiger partial charge in [0, 0.05) is 0 Å². The minimum Gasteiger partial charge on any atom is -0.312 e. The highest BCUT2D eigenvalue weighted by Gasteiger charge is 2.01. The van der Waals surface area contributed by atoms with Crippen molar-refractivity contribution >= 4 is 46.5 Å². The number of halogens is 2. The van der Waals surface area contributed by atoms with E-state index in [0.717, 1.165) is 11.3 Å². The molecule has 2 N–H and O–H groups in total. The maximum absolute atomic E-state index is 10.9. The van der Waals surface area contributed by atoms with Crippen LogP contribution in [0.5, 0.6) is 0 Å². The number of nitrogens with zero attached hydrogens (tertiary/aromatic N) is 1. The molecule has 0 spiro atoms. The molecule has 0 fully saturated rings. The van der Waals surface area contributed by atoms with Gasteiger partial charge >= 0.3 is 4.87 Å². The summed E-state index contributed by atoms with van der Waals surface area (Å²) in [6, 6.07) is 0. The van der Waals surface area contributed by atoms with Crippen molar-refractivity contribution in [1.29, 1.82) is 0 Å². The van der Waals surface area contributed by atoms with Gasteiger partial charge in [0.15, 0.2) is 5.65 Å². The predicted octanol–water partition coefficient (Wildman–Crippen LogP) is 0.517. The Labute approximate surface area is 88.0 Å². The molecule has 72 valence electrons. The number of H-pyrrole nitrogens is 2. The molecule has 0 bridgehead atoms. The highest BCUT2D eigenvalue weighted by Crippen LogP contribution is 2.02. The Balaban J connectivity index is 0.000000720. The van der Waals surface area contributed by atoms with Crippen LogP contribution in [0.1, 0.15) is 0 Å². The summed E-state index contributed by atoms with van der Waals surface area (Å²) in [6.07, 6.45) is 1.26. The number of fused-ring (bicyclic) bond motifs is 1. The molecule has 2 rings (SSSR count). The maximum Gasteiger partial charge on any atom is 0.306 e. The highest BCUT2D eigenvalue weighted by atomic mass is 35.5. The minimum absolute atomic E-state index is 0. The van der Waals surface area contributed by atoms with E-state index in [1.807, 2.05) is 0 Å². The number of aromatic amines is 2. The molecule has 0 aliphatic heterocycles. The molecular formula is C5H5Cl2N3O2S. The van der Waals surface area contributed by atoms with Gasteiger partial charge in [-0.1, -0.05) is 11.3 Å².